The minimum absolute atomic E-state index is 0.0573. The van der Waals surface area contributed by atoms with Crippen LogP contribution >= 0.6 is 0 Å². The van der Waals surface area contributed by atoms with E-state index in [1.807, 2.05) is 0 Å². The van der Waals surface area contributed by atoms with Crippen LogP contribution in [0.5, 0.6) is 0 Å². The van der Waals surface area contributed by atoms with Crippen LogP contribution in [0.3, 0.4) is 0 Å². The van der Waals surface area contributed by atoms with Crippen molar-refractivity contribution in [3.8, 4) is 0 Å². The summed E-state index contributed by atoms with van der Waals surface area (Å²) in [4.78, 5) is 2.25. The first kappa shape index (κ1) is 15.1. The Hall–Kier alpha value is -0.290. The Morgan fingerprint density at radius 1 is 1.21 bits per heavy atom. The fraction of sp³-hybridized carbons (Fsp3) is 1.00. The predicted molar refractivity (Wildman–Crippen MR) is 68.2 cm³/mol. The number of piperidine rings is 1. The lowest BCUT2D eigenvalue weighted by Crippen LogP contribution is -2.55. The highest BCUT2D eigenvalue weighted by atomic mass is 19.3. The molecule has 0 bridgehead atoms. The maximum absolute atomic E-state index is 13.2. The van der Waals surface area contributed by atoms with Crippen LogP contribution in [0.1, 0.15) is 32.1 Å². The third-order valence-electron chi connectivity index (χ3n) is 4.50. The second kappa shape index (κ2) is 6.00. The topological polar surface area (TPSA) is 12.5 Å². The molecule has 1 aliphatic heterocycles. The van der Waals surface area contributed by atoms with E-state index in [-0.39, 0.29) is 24.9 Å². The van der Waals surface area contributed by atoms with Crippen LogP contribution < -0.4 is 0 Å². The molecule has 2 fully saturated rings. The highest BCUT2D eigenvalue weighted by Crippen LogP contribution is 2.52. The normalized spacial score (nSPS) is 27.2. The Morgan fingerprint density at radius 3 is 2.32 bits per heavy atom. The van der Waals surface area contributed by atoms with Crippen molar-refractivity contribution in [3.63, 3.8) is 0 Å². The summed E-state index contributed by atoms with van der Waals surface area (Å²) in [6.07, 6.45) is 2.51. The van der Waals surface area contributed by atoms with Crippen LogP contribution in [0.4, 0.5) is 13.2 Å². The fourth-order valence-corrected chi connectivity index (χ4v) is 3.67. The number of rotatable bonds is 6. The number of likely N-dealkylation sites (tertiary alicyclic amines) is 1. The summed E-state index contributed by atoms with van der Waals surface area (Å²) in [5.74, 6) is -2.03. The molecule has 2 aliphatic rings. The average molecular weight is 279 g/mol. The first-order chi connectivity index (χ1) is 8.99. The second-order valence-corrected chi connectivity index (χ2v) is 6.34. The maximum atomic E-state index is 13.2. The zero-order valence-electron chi connectivity index (χ0n) is 11.6. The summed E-state index contributed by atoms with van der Waals surface area (Å²) in [7, 11) is 1.58. The van der Waals surface area contributed by atoms with Gasteiger partial charge >= 0.3 is 0 Å². The summed E-state index contributed by atoms with van der Waals surface area (Å²) in [6.45, 7) is 2.67. The van der Waals surface area contributed by atoms with Crippen LogP contribution in [0.2, 0.25) is 0 Å². The molecule has 1 aliphatic carbocycles. The minimum atomic E-state index is -2.51. The van der Waals surface area contributed by atoms with E-state index < -0.39 is 5.92 Å². The van der Waals surface area contributed by atoms with Gasteiger partial charge in [0.15, 0.2) is 0 Å². The molecule has 0 aromatic carbocycles. The number of alkyl halides is 3. The quantitative estimate of drug-likeness (QED) is 0.740. The van der Waals surface area contributed by atoms with Gasteiger partial charge in [0.05, 0.1) is 13.3 Å². The van der Waals surface area contributed by atoms with E-state index in [4.69, 9.17) is 4.74 Å². The van der Waals surface area contributed by atoms with Gasteiger partial charge in [-0.25, -0.2) is 8.78 Å². The molecule has 2 rings (SSSR count). The van der Waals surface area contributed by atoms with Gasteiger partial charge in [0, 0.05) is 31.9 Å². The van der Waals surface area contributed by atoms with E-state index in [0.717, 1.165) is 25.9 Å². The molecule has 0 N–H and O–H groups in total. The molecule has 0 aromatic heterocycles. The molecule has 0 atom stereocenters. The summed E-state index contributed by atoms with van der Waals surface area (Å²) in [6, 6.07) is 0. The van der Waals surface area contributed by atoms with Gasteiger partial charge in [-0.1, -0.05) is 0 Å². The zero-order chi connectivity index (χ0) is 13.9. The van der Waals surface area contributed by atoms with E-state index in [1.165, 1.54) is 0 Å². The second-order valence-electron chi connectivity index (χ2n) is 6.34. The van der Waals surface area contributed by atoms with Crippen LogP contribution in [-0.4, -0.2) is 50.8 Å². The summed E-state index contributed by atoms with van der Waals surface area (Å²) in [5, 5.41) is 0. The third-order valence-corrected chi connectivity index (χ3v) is 4.50. The summed E-state index contributed by atoms with van der Waals surface area (Å²) >= 11 is 0. The predicted octanol–water partition coefficient (Wildman–Crippen LogP) is 3.12. The number of methoxy groups -OCH3 is 1. The molecule has 0 radical (unpaired) electrons. The monoisotopic (exact) mass is 279 g/mol. The molecule has 5 heteroatoms. The Kier molecular flexibility index (Phi) is 4.77. The fourth-order valence-electron chi connectivity index (χ4n) is 3.67. The molecule has 1 saturated carbocycles. The van der Waals surface area contributed by atoms with Gasteiger partial charge < -0.3 is 9.64 Å². The van der Waals surface area contributed by atoms with Crippen molar-refractivity contribution in [2.75, 3.05) is 40.0 Å². The van der Waals surface area contributed by atoms with Gasteiger partial charge in [-0.15, -0.1) is 0 Å². The zero-order valence-corrected chi connectivity index (χ0v) is 11.6. The minimum Gasteiger partial charge on any atom is -0.384 e. The van der Waals surface area contributed by atoms with Gasteiger partial charge in [0.25, 0.3) is 0 Å². The highest BCUT2D eigenvalue weighted by Gasteiger charge is 2.56. The van der Waals surface area contributed by atoms with E-state index in [2.05, 4.69) is 4.90 Å². The molecule has 0 spiro atoms. The van der Waals surface area contributed by atoms with Crippen molar-refractivity contribution in [1.29, 1.82) is 0 Å². The van der Waals surface area contributed by atoms with Crippen molar-refractivity contribution in [2.45, 2.75) is 38.0 Å². The van der Waals surface area contributed by atoms with Crippen molar-refractivity contribution in [3.05, 3.63) is 0 Å². The number of nitrogens with zero attached hydrogens (tertiary/aromatic N) is 1. The van der Waals surface area contributed by atoms with Gasteiger partial charge in [-0.05, 0) is 38.3 Å². The number of halogens is 3. The van der Waals surface area contributed by atoms with Crippen LogP contribution in [0.15, 0.2) is 0 Å². The first-order valence-electron chi connectivity index (χ1n) is 7.14. The highest BCUT2D eigenvalue weighted by molar-refractivity contribution is 5.01. The van der Waals surface area contributed by atoms with Crippen LogP contribution in [0.25, 0.3) is 0 Å². The standard InChI is InChI=1S/C14H24F3NO/c1-19-11-13(8-14(16,17)9-13)10-18-6-3-12(2-5-15)4-7-18/h12H,2-11H2,1H3. The maximum Gasteiger partial charge on any atom is 0.249 e. The van der Waals surface area contributed by atoms with Crippen molar-refractivity contribution in [2.24, 2.45) is 11.3 Å². The lowest BCUT2D eigenvalue weighted by atomic mass is 9.66. The molecule has 1 saturated heterocycles. The molecule has 0 unspecified atom stereocenters. The van der Waals surface area contributed by atoms with Gasteiger partial charge in [0.1, 0.15) is 0 Å². The third kappa shape index (κ3) is 3.85. The van der Waals surface area contributed by atoms with E-state index in [0.29, 0.717) is 25.5 Å². The molecule has 0 amide bonds. The first-order valence-corrected chi connectivity index (χ1v) is 7.14. The van der Waals surface area contributed by atoms with Crippen LogP contribution in [0, 0.1) is 11.3 Å². The molecule has 1 heterocycles. The summed E-state index contributed by atoms with van der Waals surface area (Å²) < 4.78 is 43.7. The van der Waals surface area contributed by atoms with Crippen molar-refractivity contribution >= 4 is 0 Å². The van der Waals surface area contributed by atoms with E-state index in [9.17, 15) is 13.2 Å². The Balaban J connectivity index is 1.80. The van der Waals surface area contributed by atoms with E-state index >= 15 is 0 Å². The lowest BCUT2D eigenvalue weighted by Gasteiger charge is -2.50. The Morgan fingerprint density at radius 2 is 1.84 bits per heavy atom. The average Bonchev–Trinajstić information content (AvgIpc) is 2.30. The largest absolute Gasteiger partial charge is 0.384 e. The van der Waals surface area contributed by atoms with Crippen molar-refractivity contribution in [1.82, 2.24) is 4.90 Å². The molecule has 19 heavy (non-hydrogen) atoms. The summed E-state index contributed by atoms with van der Waals surface area (Å²) in [5.41, 5.74) is -0.370. The number of hydrogen-bond acceptors (Lipinski definition) is 2. The lowest BCUT2D eigenvalue weighted by molar-refractivity contribution is -0.187. The number of hydrogen-bond donors (Lipinski definition) is 0. The van der Waals surface area contributed by atoms with Gasteiger partial charge in [-0.3, -0.25) is 4.39 Å². The number of ether oxygens (including phenoxy) is 1. The molecule has 112 valence electrons. The van der Waals surface area contributed by atoms with E-state index in [1.54, 1.807) is 7.11 Å². The Labute approximate surface area is 113 Å². The molecular formula is C14H24F3NO. The molecular weight excluding hydrogens is 255 g/mol. The SMILES string of the molecule is COCC1(CN2CCC(CCF)CC2)CC(F)(F)C1. The van der Waals surface area contributed by atoms with Crippen LogP contribution in [-0.2, 0) is 4.74 Å². The van der Waals surface area contributed by atoms with Crippen molar-refractivity contribution < 1.29 is 17.9 Å². The molecule has 0 aromatic rings. The van der Waals surface area contributed by atoms with Gasteiger partial charge in [0.2, 0.25) is 5.92 Å². The smallest absolute Gasteiger partial charge is 0.249 e. The molecule has 2 nitrogen and oxygen atoms in total. The Bertz CT molecular complexity index is 282. The van der Waals surface area contributed by atoms with Gasteiger partial charge in [-0.2, -0.15) is 0 Å².